The lowest BCUT2D eigenvalue weighted by Crippen LogP contribution is -2.13. The Labute approximate surface area is 103 Å². The molecule has 16 heavy (non-hydrogen) atoms. The van der Waals surface area contributed by atoms with Gasteiger partial charge in [-0.05, 0) is 36.2 Å². The number of nitro groups is 1. The van der Waals surface area contributed by atoms with Gasteiger partial charge in [0.2, 0.25) is 5.82 Å². The van der Waals surface area contributed by atoms with Gasteiger partial charge in [-0.3, -0.25) is 10.1 Å². The van der Waals surface area contributed by atoms with E-state index in [1.165, 1.54) is 6.07 Å². The van der Waals surface area contributed by atoms with Crippen molar-refractivity contribution in [2.24, 2.45) is 0 Å². The first-order valence-electron chi connectivity index (χ1n) is 5.06. The average molecular weight is 288 g/mol. The zero-order valence-corrected chi connectivity index (χ0v) is 11.0. The molecule has 0 aliphatic heterocycles. The van der Waals surface area contributed by atoms with E-state index in [2.05, 4.69) is 26.2 Å². The van der Waals surface area contributed by atoms with Gasteiger partial charge in [0.25, 0.3) is 0 Å². The molecule has 88 valence electrons. The van der Waals surface area contributed by atoms with Crippen molar-refractivity contribution in [3.8, 4) is 0 Å². The highest BCUT2D eigenvalue weighted by Gasteiger charge is 2.18. The first-order valence-corrected chi connectivity index (χ1v) is 5.85. The average Bonchev–Trinajstić information content (AvgIpc) is 2.19. The van der Waals surface area contributed by atoms with Crippen LogP contribution in [0.3, 0.4) is 0 Å². The van der Waals surface area contributed by atoms with Gasteiger partial charge in [-0.15, -0.1) is 0 Å². The number of aromatic nitrogens is 1. The molecule has 0 unspecified atom stereocenters. The molecule has 6 heteroatoms. The summed E-state index contributed by atoms with van der Waals surface area (Å²) in [6.45, 7) is 5.79. The maximum Gasteiger partial charge on any atom is 0.312 e. The Morgan fingerprint density at radius 1 is 1.62 bits per heavy atom. The van der Waals surface area contributed by atoms with Gasteiger partial charge in [0.15, 0.2) is 0 Å². The standard InChI is InChI=1S/C10H14BrN3O2/c1-4-8-7(11)5-9(14(15)16)10(13-8)12-6(2)3/h5-6H,4H2,1-3H3,(H,12,13). The highest BCUT2D eigenvalue weighted by atomic mass is 79.9. The van der Waals surface area contributed by atoms with Gasteiger partial charge >= 0.3 is 5.69 Å². The van der Waals surface area contributed by atoms with Crippen LogP contribution in [0.25, 0.3) is 0 Å². The second-order valence-electron chi connectivity index (χ2n) is 3.69. The fraction of sp³-hybridized carbons (Fsp3) is 0.500. The van der Waals surface area contributed by atoms with Crippen LogP contribution in [0, 0.1) is 10.1 Å². The van der Waals surface area contributed by atoms with Crippen molar-refractivity contribution in [1.82, 2.24) is 4.98 Å². The van der Waals surface area contributed by atoms with Crippen LogP contribution in [0.15, 0.2) is 10.5 Å². The van der Waals surface area contributed by atoms with Crippen LogP contribution in [-0.2, 0) is 6.42 Å². The number of anilines is 1. The summed E-state index contributed by atoms with van der Waals surface area (Å²) in [6.07, 6.45) is 0.728. The van der Waals surface area contributed by atoms with E-state index in [-0.39, 0.29) is 11.7 Å². The fourth-order valence-electron chi connectivity index (χ4n) is 1.28. The molecule has 0 aliphatic carbocycles. The van der Waals surface area contributed by atoms with E-state index in [4.69, 9.17) is 0 Å². The van der Waals surface area contributed by atoms with Gasteiger partial charge in [0.1, 0.15) is 0 Å². The second-order valence-corrected chi connectivity index (χ2v) is 4.55. The molecule has 0 saturated carbocycles. The number of aryl methyl sites for hydroxylation is 1. The van der Waals surface area contributed by atoms with Crippen molar-refractivity contribution >= 4 is 27.4 Å². The molecule has 0 spiro atoms. The number of hydrogen-bond acceptors (Lipinski definition) is 4. The van der Waals surface area contributed by atoms with E-state index in [1.807, 2.05) is 20.8 Å². The zero-order chi connectivity index (χ0) is 12.3. The molecule has 1 rings (SSSR count). The number of pyridine rings is 1. The molecule has 1 heterocycles. The Hall–Kier alpha value is -1.17. The Morgan fingerprint density at radius 2 is 2.25 bits per heavy atom. The summed E-state index contributed by atoms with van der Waals surface area (Å²) in [7, 11) is 0. The molecule has 0 atom stereocenters. The normalized spacial score (nSPS) is 10.6. The van der Waals surface area contributed by atoms with Crippen LogP contribution in [0.4, 0.5) is 11.5 Å². The summed E-state index contributed by atoms with van der Waals surface area (Å²) < 4.78 is 0.677. The van der Waals surface area contributed by atoms with Crippen molar-refractivity contribution < 1.29 is 4.92 Å². The quantitative estimate of drug-likeness (QED) is 0.682. The molecule has 1 aromatic heterocycles. The second kappa shape index (κ2) is 5.25. The Morgan fingerprint density at radius 3 is 2.69 bits per heavy atom. The van der Waals surface area contributed by atoms with Gasteiger partial charge < -0.3 is 5.32 Å². The summed E-state index contributed by atoms with van der Waals surface area (Å²) in [5, 5.41) is 13.8. The minimum atomic E-state index is -0.429. The number of halogens is 1. The van der Waals surface area contributed by atoms with Gasteiger partial charge in [0, 0.05) is 16.6 Å². The minimum Gasteiger partial charge on any atom is -0.362 e. The number of hydrogen-bond donors (Lipinski definition) is 1. The van der Waals surface area contributed by atoms with Crippen LogP contribution >= 0.6 is 15.9 Å². The van der Waals surface area contributed by atoms with Crippen molar-refractivity contribution in [3.05, 3.63) is 26.3 Å². The smallest absolute Gasteiger partial charge is 0.312 e. The first-order chi connectivity index (χ1) is 7.45. The largest absolute Gasteiger partial charge is 0.362 e. The van der Waals surface area contributed by atoms with E-state index < -0.39 is 4.92 Å². The molecular formula is C10H14BrN3O2. The lowest BCUT2D eigenvalue weighted by molar-refractivity contribution is -0.384. The minimum absolute atomic E-state index is 0.00206. The van der Waals surface area contributed by atoms with Crippen molar-refractivity contribution in [2.75, 3.05) is 5.32 Å². The van der Waals surface area contributed by atoms with E-state index in [0.717, 1.165) is 12.1 Å². The lowest BCUT2D eigenvalue weighted by Gasteiger charge is -2.11. The van der Waals surface area contributed by atoms with Crippen LogP contribution in [0.5, 0.6) is 0 Å². The molecule has 1 N–H and O–H groups in total. The lowest BCUT2D eigenvalue weighted by atomic mass is 10.2. The van der Waals surface area contributed by atoms with Crippen LogP contribution < -0.4 is 5.32 Å². The fourth-order valence-corrected chi connectivity index (χ4v) is 1.87. The van der Waals surface area contributed by atoms with Gasteiger partial charge in [-0.1, -0.05) is 6.92 Å². The number of nitrogens with one attached hydrogen (secondary N) is 1. The van der Waals surface area contributed by atoms with E-state index in [9.17, 15) is 10.1 Å². The van der Waals surface area contributed by atoms with E-state index in [0.29, 0.717) is 10.3 Å². The third-order valence-corrected chi connectivity index (χ3v) is 2.67. The van der Waals surface area contributed by atoms with E-state index in [1.54, 1.807) is 0 Å². The Balaban J connectivity index is 3.25. The third kappa shape index (κ3) is 2.91. The molecule has 0 aliphatic rings. The summed E-state index contributed by atoms with van der Waals surface area (Å²) >= 11 is 3.28. The van der Waals surface area contributed by atoms with E-state index >= 15 is 0 Å². The van der Waals surface area contributed by atoms with Gasteiger partial charge in [0.05, 0.1) is 10.6 Å². The maximum absolute atomic E-state index is 10.9. The molecular weight excluding hydrogens is 274 g/mol. The van der Waals surface area contributed by atoms with Gasteiger partial charge in [-0.25, -0.2) is 4.98 Å². The van der Waals surface area contributed by atoms with Crippen molar-refractivity contribution in [3.63, 3.8) is 0 Å². The maximum atomic E-state index is 10.9. The third-order valence-electron chi connectivity index (χ3n) is 1.99. The summed E-state index contributed by atoms with van der Waals surface area (Å²) in [4.78, 5) is 14.7. The monoisotopic (exact) mass is 287 g/mol. The SMILES string of the molecule is CCc1nc(NC(C)C)c([N+](=O)[O-])cc1Br. The molecule has 5 nitrogen and oxygen atoms in total. The van der Waals surface area contributed by atoms with Crippen molar-refractivity contribution in [2.45, 2.75) is 33.2 Å². The van der Waals surface area contributed by atoms with Gasteiger partial charge in [-0.2, -0.15) is 0 Å². The first kappa shape index (κ1) is 12.9. The predicted octanol–water partition coefficient (Wildman–Crippen LogP) is 3.14. The molecule has 0 aromatic carbocycles. The molecule has 1 aromatic rings. The van der Waals surface area contributed by atoms with Crippen LogP contribution in [0.2, 0.25) is 0 Å². The summed E-state index contributed by atoms with van der Waals surface area (Å²) in [5.74, 6) is 0.333. The number of rotatable bonds is 4. The molecule has 0 bridgehead atoms. The highest BCUT2D eigenvalue weighted by molar-refractivity contribution is 9.10. The topological polar surface area (TPSA) is 68.1 Å². The molecule has 0 saturated heterocycles. The van der Waals surface area contributed by atoms with Crippen LogP contribution in [0.1, 0.15) is 26.5 Å². The summed E-state index contributed by atoms with van der Waals surface area (Å²) in [6, 6.07) is 1.60. The molecule has 0 radical (unpaired) electrons. The Bertz CT molecular complexity index is 407. The van der Waals surface area contributed by atoms with Crippen LogP contribution in [-0.4, -0.2) is 15.9 Å². The molecule has 0 fully saturated rings. The number of nitrogens with zero attached hydrogens (tertiary/aromatic N) is 2. The van der Waals surface area contributed by atoms with Crippen molar-refractivity contribution in [1.29, 1.82) is 0 Å². The Kier molecular flexibility index (Phi) is 4.23. The predicted molar refractivity (Wildman–Crippen MR) is 66.7 cm³/mol. The highest BCUT2D eigenvalue weighted by Crippen LogP contribution is 2.29. The zero-order valence-electron chi connectivity index (χ0n) is 9.45. The molecule has 0 amide bonds. The summed E-state index contributed by atoms with van der Waals surface area (Å²) in [5.41, 5.74) is 0.812.